The number of anilines is 1. The first-order valence-electron chi connectivity index (χ1n) is 24.0. The first-order valence-corrected chi connectivity index (χ1v) is 24.0. The van der Waals surface area contributed by atoms with Crippen LogP contribution in [-0.2, 0) is 32.0 Å². The molecule has 1 aromatic heterocycles. The molecule has 2 heterocycles. The van der Waals surface area contributed by atoms with Crippen molar-refractivity contribution in [1.29, 1.82) is 0 Å². The zero-order chi connectivity index (χ0) is 45.8. The van der Waals surface area contributed by atoms with Crippen LogP contribution in [0.15, 0.2) is 77.6 Å². The molecule has 2 aromatic carbocycles. The Morgan fingerprint density at radius 3 is 2.25 bits per heavy atom. The van der Waals surface area contributed by atoms with E-state index in [1.165, 1.54) is 25.7 Å². The Kier molecular flexibility index (Phi) is 19.9. The van der Waals surface area contributed by atoms with E-state index in [2.05, 4.69) is 34.5 Å². The van der Waals surface area contributed by atoms with Gasteiger partial charge >= 0.3 is 0 Å². The minimum atomic E-state index is -0.676. The largest absolute Gasteiger partial charge is 0.387 e. The zero-order valence-corrected chi connectivity index (χ0v) is 38.8. The number of nitrogens with zero attached hydrogens (tertiary/aromatic N) is 3. The molecule has 1 atom stereocenters. The van der Waals surface area contributed by atoms with Gasteiger partial charge in [-0.3, -0.25) is 29.0 Å². The van der Waals surface area contributed by atoms with Crippen LogP contribution in [0.2, 0.25) is 0 Å². The summed E-state index contributed by atoms with van der Waals surface area (Å²) in [5.41, 5.74) is 10.6. The van der Waals surface area contributed by atoms with E-state index >= 15 is 0 Å². The van der Waals surface area contributed by atoms with E-state index in [9.17, 15) is 24.0 Å². The number of aliphatic imine (C=N–C) groups is 1. The topological polar surface area (TPSA) is 164 Å². The predicted molar refractivity (Wildman–Crippen MR) is 257 cm³/mol. The third kappa shape index (κ3) is 16.0. The van der Waals surface area contributed by atoms with Gasteiger partial charge in [-0.25, -0.2) is 4.99 Å². The van der Waals surface area contributed by atoms with Gasteiger partial charge in [-0.15, -0.1) is 0 Å². The maximum atomic E-state index is 13.7. The fourth-order valence-corrected chi connectivity index (χ4v) is 8.91. The molecule has 3 amide bonds. The lowest BCUT2D eigenvalue weighted by Crippen LogP contribution is -2.42. The highest BCUT2D eigenvalue weighted by atomic mass is 16.2. The number of nitrogens with two attached hydrogens (primary N) is 1. The van der Waals surface area contributed by atoms with Gasteiger partial charge in [0.2, 0.25) is 11.8 Å². The van der Waals surface area contributed by atoms with Crippen LogP contribution in [0.4, 0.5) is 11.4 Å². The monoisotopic (exact) mass is 873 g/mol. The third-order valence-electron chi connectivity index (χ3n) is 12.6. The van der Waals surface area contributed by atoms with E-state index < -0.39 is 6.04 Å². The molecule has 11 heteroatoms. The average molecular weight is 873 g/mol. The number of nitrogens with one attached hydrogen (secondary N) is 2. The molecule has 1 aliphatic carbocycles. The molecular weight excluding hydrogens is 801 g/mol. The number of Topliss-reactive ketones (excluding diaryl/α,β-unsaturated/α-hetero) is 2. The summed E-state index contributed by atoms with van der Waals surface area (Å²) in [4.78, 5) is 77.4. The molecule has 1 unspecified atom stereocenters. The third-order valence-corrected chi connectivity index (χ3v) is 12.6. The molecule has 11 nitrogen and oxygen atoms in total. The SMILES string of the molecule is CCCN(CCC)C(=O)C1=Cc2ccc(C(=O)Nc3cncc(CCC(=O)C(Cc4ccccc4)NC(=O)CCCCCCC(=O)C4CCC(CCC(C)C)CC4)c3)cc2N=C(N)C1. The van der Waals surface area contributed by atoms with Crippen molar-refractivity contribution in [3.05, 3.63) is 94.8 Å². The van der Waals surface area contributed by atoms with Crippen LogP contribution in [-0.4, -0.2) is 64.1 Å². The molecule has 344 valence electrons. The molecule has 64 heavy (non-hydrogen) atoms. The zero-order valence-electron chi connectivity index (χ0n) is 38.8. The number of aromatic nitrogens is 1. The van der Waals surface area contributed by atoms with Crippen molar-refractivity contribution in [2.24, 2.45) is 28.5 Å². The minimum absolute atomic E-state index is 0.0516. The summed E-state index contributed by atoms with van der Waals surface area (Å²) in [7, 11) is 0. The Hall–Kier alpha value is -5.45. The van der Waals surface area contributed by atoms with E-state index in [0.29, 0.717) is 84.9 Å². The number of unbranched alkanes of at least 4 members (excludes halogenated alkanes) is 3. The van der Waals surface area contributed by atoms with Crippen molar-refractivity contribution in [3.8, 4) is 0 Å². The predicted octanol–water partition coefficient (Wildman–Crippen LogP) is 10.1. The number of amides is 3. The molecule has 1 saturated carbocycles. The number of carbonyl (C=O) groups is 5. The molecule has 5 rings (SSSR count). The molecule has 1 fully saturated rings. The van der Waals surface area contributed by atoms with Crippen molar-refractivity contribution in [2.75, 3.05) is 18.4 Å². The Balaban J connectivity index is 1.10. The standard InChI is InChI=1S/C53H72N6O5/c1-5-28-59(29-6-2)53(64)44-32-42-25-26-43(33-46(42)57-50(54)34-44)52(63)56-45-30-40(35-55-36-45)22-27-49(61)47(31-39-14-10-9-11-15-39)58-51(62)17-13-8-7-12-16-48(60)41-23-20-38(21-24-41)19-18-37(3)4/h9-11,14-15,25-26,30,32-33,35-38,41,47H,5-8,12-13,16-24,27-29,31,34H2,1-4H3,(H2,54,57)(H,56,63)(H,58,62). The van der Waals surface area contributed by atoms with Crippen LogP contribution >= 0.6 is 0 Å². The van der Waals surface area contributed by atoms with Crippen molar-refractivity contribution in [3.63, 3.8) is 0 Å². The van der Waals surface area contributed by atoms with Gasteiger partial charge in [-0.2, -0.15) is 0 Å². The van der Waals surface area contributed by atoms with Gasteiger partial charge in [0.1, 0.15) is 11.6 Å². The number of hydrogen-bond donors (Lipinski definition) is 3. The van der Waals surface area contributed by atoms with Crippen molar-refractivity contribution in [1.82, 2.24) is 15.2 Å². The molecule has 0 radical (unpaired) electrons. The highest BCUT2D eigenvalue weighted by Gasteiger charge is 2.26. The highest BCUT2D eigenvalue weighted by Crippen LogP contribution is 2.34. The van der Waals surface area contributed by atoms with E-state index in [0.717, 1.165) is 67.9 Å². The number of fused-ring (bicyclic) bond motifs is 1. The first-order chi connectivity index (χ1) is 30.9. The second kappa shape index (κ2) is 25.7. The molecule has 0 bridgehead atoms. The number of carbonyl (C=O) groups excluding carboxylic acids is 5. The van der Waals surface area contributed by atoms with E-state index in [-0.39, 0.29) is 42.3 Å². The lowest BCUT2D eigenvalue weighted by molar-refractivity contribution is -0.127. The van der Waals surface area contributed by atoms with E-state index in [4.69, 9.17) is 5.73 Å². The summed E-state index contributed by atoms with van der Waals surface area (Å²) in [6.07, 6.45) is 19.3. The number of pyridine rings is 1. The van der Waals surface area contributed by atoms with Gasteiger partial charge in [-0.1, -0.05) is 89.8 Å². The van der Waals surface area contributed by atoms with Gasteiger partial charge in [0, 0.05) is 67.6 Å². The smallest absolute Gasteiger partial charge is 0.255 e. The number of benzene rings is 2. The van der Waals surface area contributed by atoms with Gasteiger partial charge in [-0.05, 0) is 111 Å². The molecular formula is C53H72N6O5. The van der Waals surface area contributed by atoms with Crippen LogP contribution in [0, 0.1) is 17.8 Å². The number of rotatable bonds is 25. The fourth-order valence-electron chi connectivity index (χ4n) is 8.91. The molecule has 2 aliphatic rings. The Labute approximate surface area is 381 Å². The summed E-state index contributed by atoms with van der Waals surface area (Å²) in [5.74, 6) is 1.84. The lowest BCUT2D eigenvalue weighted by Gasteiger charge is -2.28. The fraction of sp³-hybridized carbons (Fsp3) is 0.528. The summed E-state index contributed by atoms with van der Waals surface area (Å²) < 4.78 is 0. The highest BCUT2D eigenvalue weighted by molar-refractivity contribution is 6.08. The van der Waals surface area contributed by atoms with Crippen LogP contribution in [0.3, 0.4) is 0 Å². The molecule has 0 spiro atoms. The maximum Gasteiger partial charge on any atom is 0.255 e. The molecule has 3 aromatic rings. The van der Waals surface area contributed by atoms with Crippen LogP contribution < -0.4 is 16.4 Å². The number of ketones is 2. The Morgan fingerprint density at radius 1 is 0.828 bits per heavy atom. The summed E-state index contributed by atoms with van der Waals surface area (Å²) >= 11 is 0. The van der Waals surface area contributed by atoms with Crippen molar-refractivity contribution < 1.29 is 24.0 Å². The first kappa shape index (κ1) is 49.6. The second-order valence-electron chi connectivity index (χ2n) is 18.4. The summed E-state index contributed by atoms with van der Waals surface area (Å²) in [6.45, 7) is 9.98. The maximum absolute atomic E-state index is 13.7. The van der Waals surface area contributed by atoms with Crippen molar-refractivity contribution in [2.45, 2.75) is 149 Å². The number of hydrogen-bond acceptors (Lipinski definition) is 8. The normalized spacial score (nSPS) is 16.5. The Morgan fingerprint density at radius 2 is 1.55 bits per heavy atom. The summed E-state index contributed by atoms with van der Waals surface area (Å²) in [5, 5.41) is 5.94. The van der Waals surface area contributed by atoms with Gasteiger partial charge in [0.25, 0.3) is 5.91 Å². The van der Waals surface area contributed by atoms with E-state index in [1.54, 1.807) is 36.7 Å². The second-order valence-corrected chi connectivity index (χ2v) is 18.4. The number of amidine groups is 1. The van der Waals surface area contributed by atoms with Crippen LogP contribution in [0.25, 0.3) is 6.08 Å². The van der Waals surface area contributed by atoms with Gasteiger partial charge < -0.3 is 21.3 Å². The van der Waals surface area contributed by atoms with E-state index in [1.807, 2.05) is 55.2 Å². The number of aryl methyl sites for hydroxylation is 1. The minimum Gasteiger partial charge on any atom is -0.387 e. The lowest BCUT2D eigenvalue weighted by atomic mass is 9.77. The van der Waals surface area contributed by atoms with Crippen LogP contribution in [0.5, 0.6) is 0 Å². The van der Waals surface area contributed by atoms with Crippen LogP contribution in [0.1, 0.15) is 157 Å². The Bertz CT molecular complexity index is 2080. The molecule has 0 saturated heterocycles. The van der Waals surface area contributed by atoms with Gasteiger partial charge in [0.15, 0.2) is 5.78 Å². The average Bonchev–Trinajstić information content (AvgIpc) is 3.46. The molecule has 4 N–H and O–H groups in total. The molecule has 1 aliphatic heterocycles. The van der Waals surface area contributed by atoms with Gasteiger partial charge in [0.05, 0.1) is 23.6 Å². The quantitative estimate of drug-likeness (QED) is 0.0714. The summed E-state index contributed by atoms with van der Waals surface area (Å²) in [6, 6.07) is 15.9. The van der Waals surface area contributed by atoms with Crippen molar-refractivity contribution >= 4 is 52.6 Å².